The van der Waals surface area contributed by atoms with E-state index in [1.165, 1.54) is 89.9 Å². The predicted octanol–water partition coefficient (Wildman–Crippen LogP) is 6.12. The van der Waals surface area contributed by atoms with Crippen molar-refractivity contribution in [2.24, 2.45) is 0 Å². The molecule has 0 bridgehead atoms. The van der Waals surface area contributed by atoms with Crippen molar-refractivity contribution in [3.05, 3.63) is 0 Å². The zero-order valence-corrected chi connectivity index (χ0v) is 22.0. The topological polar surface area (TPSA) is 77.8 Å². The second-order valence-electron chi connectivity index (χ2n) is 8.43. The van der Waals surface area contributed by atoms with Crippen LogP contribution in [0.4, 0.5) is 0 Å². The van der Waals surface area contributed by atoms with E-state index < -0.39 is 11.9 Å². The van der Waals surface area contributed by atoms with Gasteiger partial charge in [0.1, 0.15) is 0 Å². The fraction of sp³-hybridized carbons (Fsp3) is 0.917. The Morgan fingerprint density at radius 3 is 1.13 bits per heavy atom. The van der Waals surface area contributed by atoms with Crippen molar-refractivity contribution in [1.82, 2.24) is 4.90 Å². The molecule has 0 aromatic carbocycles. The van der Waals surface area contributed by atoms with Crippen LogP contribution in [0.1, 0.15) is 122 Å². The van der Waals surface area contributed by atoms with Crippen LogP contribution in [0.3, 0.4) is 0 Å². The smallest absolute Gasteiger partial charge is 0.304 e. The van der Waals surface area contributed by atoms with Crippen LogP contribution in [0.15, 0.2) is 0 Å². The summed E-state index contributed by atoms with van der Waals surface area (Å²) in [5.41, 5.74) is 0. The van der Waals surface area contributed by atoms with Crippen molar-refractivity contribution in [3.63, 3.8) is 0 Å². The predicted molar refractivity (Wildman–Crippen MR) is 126 cm³/mol. The van der Waals surface area contributed by atoms with E-state index in [1.54, 1.807) is 0 Å². The molecule has 30 heavy (non-hydrogen) atoms. The van der Waals surface area contributed by atoms with Crippen LogP contribution in [0.5, 0.6) is 0 Å². The molecule has 2 N–H and O–H groups in total. The molecule has 0 spiro atoms. The maximum atomic E-state index is 10.7. The molecule has 173 valence electrons. The van der Waals surface area contributed by atoms with Gasteiger partial charge < -0.3 is 15.1 Å². The summed E-state index contributed by atoms with van der Waals surface area (Å²) in [6, 6.07) is 0. The standard InChI is InChI=1S/C24H47NO4.Na/c1-2-3-4-5-6-7-8-9-10-11-12-13-14-15-16-17-20-25(21-18-23(26)27)22-19-24(28)29;/h2-22H2,1H3,(H,26,27)(H,28,29);. The van der Waals surface area contributed by atoms with Gasteiger partial charge in [-0.05, 0) is 13.0 Å². The van der Waals surface area contributed by atoms with Crippen molar-refractivity contribution in [3.8, 4) is 0 Å². The molecule has 0 aliphatic carbocycles. The first-order valence-electron chi connectivity index (χ1n) is 12.2. The number of carboxylic acids is 2. The minimum absolute atomic E-state index is 0. The van der Waals surface area contributed by atoms with E-state index in [-0.39, 0.29) is 42.4 Å². The van der Waals surface area contributed by atoms with Gasteiger partial charge in [-0.3, -0.25) is 9.59 Å². The summed E-state index contributed by atoms with van der Waals surface area (Å²) in [5, 5.41) is 17.6. The Hall–Kier alpha value is -0.100. The molecule has 0 heterocycles. The molecule has 0 atom stereocenters. The van der Waals surface area contributed by atoms with Crippen molar-refractivity contribution in [1.29, 1.82) is 0 Å². The Labute approximate surface area is 207 Å². The third-order valence-electron chi connectivity index (χ3n) is 5.61. The van der Waals surface area contributed by atoms with Gasteiger partial charge in [-0.15, -0.1) is 0 Å². The Morgan fingerprint density at radius 1 is 0.533 bits per heavy atom. The molecule has 5 nitrogen and oxygen atoms in total. The molecule has 1 radical (unpaired) electrons. The Bertz CT molecular complexity index is 375. The van der Waals surface area contributed by atoms with Crippen molar-refractivity contribution in [2.75, 3.05) is 19.6 Å². The summed E-state index contributed by atoms with van der Waals surface area (Å²) in [6.07, 6.45) is 21.5. The van der Waals surface area contributed by atoms with Crippen molar-refractivity contribution < 1.29 is 19.8 Å². The summed E-state index contributed by atoms with van der Waals surface area (Å²) in [7, 11) is 0. The molecule has 0 aromatic heterocycles. The van der Waals surface area contributed by atoms with E-state index in [0.717, 1.165) is 19.4 Å². The first-order chi connectivity index (χ1) is 14.1. The fourth-order valence-corrected chi connectivity index (χ4v) is 3.73. The van der Waals surface area contributed by atoms with Crippen LogP contribution >= 0.6 is 0 Å². The van der Waals surface area contributed by atoms with E-state index in [0.29, 0.717) is 13.1 Å². The van der Waals surface area contributed by atoms with Gasteiger partial charge in [-0.1, -0.05) is 103 Å². The quantitative estimate of drug-likeness (QED) is 0.149. The molecular formula is C24H47NNaO4. The van der Waals surface area contributed by atoms with Crippen molar-refractivity contribution in [2.45, 2.75) is 122 Å². The Morgan fingerprint density at radius 2 is 0.833 bits per heavy atom. The van der Waals surface area contributed by atoms with E-state index in [4.69, 9.17) is 10.2 Å². The van der Waals surface area contributed by atoms with Crippen LogP contribution in [0.2, 0.25) is 0 Å². The molecule has 0 fully saturated rings. The number of hydrogen-bond acceptors (Lipinski definition) is 3. The van der Waals surface area contributed by atoms with E-state index in [9.17, 15) is 9.59 Å². The molecule has 0 unspecified atom stereocenters. The van der Waals surface area contributed by atoms with Crippen molar-refractivity contribution >= 4 is 41.5 Å². The van der Waals surface area contributed by atoms with Crippen LogP contribution in [0.25, 0.3) is 0 Å². The molecule has 0 amide bonds. The van der Waals surface area contributed by atoms with E-state index in [1.807, 2.05) is 4.90 Å². The summed E-state index contributed by atoms with van der Waals surface area (Å²) in [4.78, 5) is 23.4. The van der Waals surface area contributed by atoms with Crippen LogP contribution in [-0.2, 0) is 9.59 Å². The number of hydrogen-bond donors (Lipinski definition) is 2. The SMILES string of the molecule is CCCCCCCCCCCCCCCCCCN(CCC(=O)O)CCC(=O)O.[Na]. The first kappa shape index (κ1) is 32.1. The molecule has 0 saturated heterocycles. The number of nitrogens with zero attached hydrogens (tertiary/aromatic N) is 1. The van der Waals surface area contributed by atoms with Gasteiger partial charge in [-0.2, -0.15) is 0 Å². The summed E-state index contributed by atoms with van der Waals surface area (Å²) in [6.45, 7) is 3.96. The normalized spacial score (nSPS) is 10.9. The first-order valence-corrected chi connectivity index (χ1v) is 12.2. The monoisotopic (exact) mass is 436 g/mol. The molecular weight excluding hydrogens is 389 g/mol. The minimum Gasteiger partial charge on any atom is -0.481 e. The van der Waals surface area contributed by atoms with Gasteiger partial charge in [0.05, 0.1) is 12.8 Å². The van der Waals surface area contributed by atoms with E-state index >= 15 is 0 Å². The van der Waals surface area contributed by atoms with Gasteiger partial charge in [0, 0.05) is 42.6 Å². The number of carboxylic acid groups (broad SMARTS) is 2. The van der Waals surface area contributed by atoms with Crippen LogP contribution in [-0.4, -0.2) is 76.2 Å². The second kappa shape index (κ2) is 25.2. The summed E-state index contributed by atoms with van der Waals surface area (Å²) in [5.74, 6) is -1.64. The van der Waals surface area contributed by atoms with Crippen LogP contribution < -0.4 is 0 Å². The Balaban J connectivity index is 0. The summed E-state index contributed by atoms with van der Waals surface area (Å²) >= 11 is 0. The van der Waals surface area contributed by atoms with Gasteiger partial charge in [0.25, 0.3) is 0 Å². The van der Waals surface area contributed by atoms with Gasteiger partial charge in [0.2, 0.25) is 0 Å². The number of rotatable bonds is 23. The third kappa shape index (κ3) is 25.9. The third-order valence-corrected chi connectivity index (χ3v) is 5.61. The molecule has 0 aromatic rings. The van der Waals surface area contributed by atoms with Gasteiger partial charge in [-0.25, -0.2) is 0 Å². The minimum atomic E-state index is -0.822. The largest absolute Gasteiger partial charge is 0.481 e. The van der Waals surface area contributed by atoms with E-state index in [2.05, 4.69) is 6.92 Å². The molecule has 0 aliphatic rings. The molecule has 0 rings (SSSR count). The average Bonchev–Trinajstić information content (AvgIpc) is 2.68. The maximum Gasteiger partial charge on any atom is 0.304 e. The number of carbonyl (C=O) groups is 2. The molecule has 0 saturated carbocycles. The maximum absolute atomic E-state index is 10.7. The number of aliphatic carboxylic acids is 2. The average molecular weight is 437 g/mol. The Kier molecular flexibility index (Phi) is 26.9. The van der Waals surface area contributed by atoms with Gasteiger partial charge >= 0.3 is 11.9 Å². The van der Waals surface area contributed by atoms with Gasteiger partial charge in [0.15, 0.2) is 0 Å². The van der Waals surface area contributed by atoms with Crippen LogP contribution in [0, 0.1) is 0 Å². The molecule has 6 heteroatoms. The fourth-order valence-electron chi connectivity index (χ4n) is 3.73. The second-order valence-corrected chi connectivity index (χ2v) is 8.43. The summed E-state index contributed by atoms with van der Waals surface area (Å²) < 4.78 is 0. The number of unbranched alkanes of at least 4 members (excludes halogenated alkanes) is 15. The molecule has 0 aliphatic heterocycles. The zero-order chi connectivity index (χ0) is 21.6. The zero-order valence-electron chi connectivity index (χ0n) is 20.0.